The molecule has 0 aliphatic carbocycles. The largest absolute Gasteiger partial charge is 0.478 e. The first-order valence-corrected chi connectivity index (χ1v) is 5.56. The van der Waals surface area contributed by atoms with Crippen LogP contribution in [0.5, 0.6) is 0 Å². The third-order valence-corrected chi connectivity index (χ3v) is 2.85. The monoisotopic (exact) mass is 279 g/mol. The minimum absolute atomic E-state index is 0.0765. The highest BCUT2D eigenvalue weighted by Crippen LogP contribution is 2.26. The van der Waals surface area contributed by atoms with Gasteiger partial charge < -0.3 is 5.11 Å². The van der Waals surface area contributed by atoms with Crippen molar-refractivity contribution in [3.05, 3.63) is 51.1 Å². The van der Waals surface area contributed by atoms with Gasteiger partial charge in [0.05, 0.1) is 16.2 Å². The van der Waals surface area contributed by atoms with Gasteiger partial charge in [0, 0.05) is 0 Å². The summed E-state index contributed by atoms with van der Waals surface area (Å²) in [5, 5.41) is 24.0. The molecular weight excluding hydrogens is 269 g/mol. The van der Waals surface area contributed by atoms with Crippen LogP contribution in [0.2, 0.25) is 0 Å². The van der Waals surface area contributed by atoms with Crippen LogP contribution in [0.4, 0.5) is 10.1 Å². The average Bonchev–Trinajstić information content (AvgIpc) is 2.64. The maximum atomic E-state index is 13.1. The molecule has 0 amide bonds. The quantitative estimate of drug-likeness (QED) is 0.686. The lowest BCUT2D eigenvalue weighted by Gasteiger charge is -2.07. The molecule has 0 fully saturated rings. The van der Waals surface area contributed by atoms with E-state index >= 15 is 0 Å². The van der Waals surface area contributed by atoms with Crippen LogP contribution in [-0.2, 0) is 0 Å². The molecule has 0 spiro atoms. The highest BCUT2D eigenvalue weighted by molar-refractivity contribution is 5.92. The highest BCUT2D eigenvalue weighted by atomic mass is 19.1. The predicted molar refractivity (Wildman–Crippen MR) is 66.6 cm³/mol. The van der Waals surface area contributed by atoms with Crippen LogP contribution in [0.3, 0.4) is 0 Å². The number of carbonyl (C=O) groups is 1. The summed E-state index contributed by atoms with van der Waals surface area (Å²) in [6, 6.07) is 3.14. The summed E-state index contributed by atoms with van der Waals surface area (Å²) in [5.41, 5.74) is -0.0847. The molecule has 0 aliphatic rings. The zero-order valence-corrected chi connectivity index (χ0v) is 10.6. The molecule has 7 nitrogen and oxygen atoms in total. The van der Waals surface area contributed by atoms with E-state index < -0.39 is 16.7 Å². The van der Waals surface area contributed by atoms with Gasteiger partial charge in [0.1, 0.15) is 17.2 Å². The van der Waals surface area contributed by atoms with E-state index in [9.17, 15) is 19.3 Å². The summed E-state index contributed by atoms with van der Waals surface area (Å²) in [6.45, 7) is 2.90. The van der Waals surface area contributed by atoms with Gasteiger partial charge in [0.25, 0.3) is 0 Å². The van der Waals surface area contributed by atoms with Crippen LogP contribution in [0.25, 0.3) is 5.69 Å². The third-order valence-electron chi connectivity index (χ3n) is 2.85. The van der Waals surface area contributed by atoms with Gasteiger partial charge in [-0.15, -0.1) is 0 Å². The maximum Gasteiger partial charge on any atom is 0.338 e. The molecule has 1 heterocycles. The minimum Gasteiger partial charge on any atom is -0.478 e. The second-order valence-corrected chi connectivity index (χ2v) is 4.15. The van der Waals surface area contributed by atoms with Crippen LogP contribution < -0.4 is 0 Å². The molecule has 0 radical (unpaired) electrons. The van der Waals surface area contributed by atoms with E-state index in [1.54, 1.807) is 0 Å². The molecule has 0 atom stereocenters. The number of carboxylic acids is 1. The fourth-order valence-electron chi connectivity index (χ4n) is 2.00. The number of aromatic nitrogens is 2. The second-order valence-electron chi connectivity index (χ2n) is 4.15. The Morgan fingerprint density at radius 3 is 2.60 bits per heavy atom. The Balaban J connectivity index is 2.73. The van der Waals surface area contributed by atoms with Gasteiger partial charge in [-0.1, -0.05) is 0 Å². The SMILES string of the molecule is Cc1nn(-c2ccc(F)cc2C(=O)O)c(C)c1[N+](=O)[O-]. The van der Waals surface area contributed by atoms with E-state index in [1.165, 1.54) is 19.9 Å². The summed E-state index contributed by atoms with van der Waals surface area (Å²) < 4.78 is 14.3. The average molecular weight is 279 g/mol. The first-order chi connectivity index (χ1) is 9.32. The fourth-order valence-corrected chi connectivity index (χ4v) is 2.00. The Hall–Kier alpha value is -2.77. The van der Waals surface area contributed by atoms with Crippen LogP contribution >= 0.6 is 0 Å². The Kier molecular flexibility index (Phi) is 3.23. The van der Waals surface area contributed by atoms with Crippen LogP contribution in [0.15, 0.2) is 18.2 Å². The van der Waals surface area contributed by atoms with Crippen molar-refractivity contribution in [3.63, 3.8) is 0 Å². The number of carboxylic acid groups (broad SMARTS) is 1. The number of benzene rings is 1. The Morgan fingerprint density at radius 1 is 1.45 bits per heavy atom. The summed E-state index contributed by atoms with van der Waals surface area (Å²) in [7, 11) is 0. The number of hydrogen-bond donors (Lipinski definition) is 1. The molecule has 2 aromatic rings. The van der Waals surface area contributed by atoms with Crippen molar-refractivity contribution < 1.29 is 19.2 Å². The standard InChI is InChI=1S/C12H10FN3O4/c1-6-11(16(19)20)7(2)15(14-6)10-4-3-8(13)5-9(10)12(17)18/h3-5H,1-2H3,(H,17,18). The number of aromatic carboxylic acids is 1. The van der Waals surface area contributed by atoms with Crippen molar-refractivity contribution in [3.8, 4) is 5.69 Å². The second kappa shape index (κ2) is 4.72. The number of halogens is 1. The van der Waals surface area contributed by atoms with E-state index in [0.29, 0.717) is 0 Å². The molecule has 0 unspecified atom stereocenters. The molecule has 8 heteroatoms. The van der Waals surface area contributed by atoms with E-state index in [2.05, 4.69) is 5.10 Å². The van der Waals surface area contributed by atoms with Crippen molar-refractivity contribution in [2.45, 2.75) is 13.8 Å². The minimum atomic E-state index is -1.34. The van der Waals surface area contributed by atoms with Crippen LogP contribution in [-0.4, -0.2) is 25.8 Å². The summed E-state index contributed by atoms with van der Waals surface area (Å²) in [4.78, 5) is 21.5. The Bertz CT molecular complexity index is 724. The first-order valence-electron chi connectivity index (χ1n) is 5.56. The number of hydrogen-bond acceptors (Lipinski definition) is 4. The van der Waals surface area contributed by atoms with Gasteiger partial charge in [0.15, 0.2) is 0 Å². The molecule has 104 valence electrons. The van der Waals surface area contributed by atoms with Crippen molar-refractivity contribution in [2.24, 2.45) is 0 Å². The summed E-state index contributed by atoms with van der Waals surface area (Å²) in [5.74, 6) is -2.04. The van der Waals surface area contributed by atoms with Crippen molar-refractivity contribution in [1.82, 2.24) is 9.78 Å². The lowest BCUT2D eigenvalue weighted by Crippen LogP contribution is -2.08. The molecule has 0 bridgehead atoms. The zero-order valence-electron chi connectivity index (χ0n) is 10.6. The first kappa shape index (κ1) is 13.7. The number of aryl methyl sites for hydroxylation is 1. The van der Waals surface area contributed by atoms with E-state index in [4.69, 9.17) is 5.11 Å². The normalized spacial score (nSPS) is 10.6. The van der Waals surface area contributed by atoms with Gasteiger partial charge >= 0.3 is 11.7 Å². The Labute approximate surface area is 112 Å². The van der Waals surface area contributed by atoms with E-state index in [1.807, 2.05) is 0 Å². The van der Waals surface area contributed by atoms with Gasteiger partial charge in [-0.3, -0.25) is 10.1 Å². The molecule has 1 aromatic heterocycles. The van der Waals surface area contributed by atoms with Gasteiger partial charge in [-0.25, -0.2) is 13.9 Å². The van der Waals surface area contributed by atoms with E-state index in [-0.39, 0.29) is 28.3 Å². The van der Waals surface area contributed by atoms with Gasteiger partial charge in [-0.05, 0) is 32.0 Å². The molecule has 0 saturated carbocycles. The number of rotatable bonds is 3. The van der Waals surface area contributed by atoms with Crippen molar-refractivity contribution in [1.29, 1.82) is 0 Å². The van der Waals surface area contributed by atoms with Crippen molar-refractivity contribution in [2.75, 3.05) is 0 Å². The molecule has 2 rings (SSSR count). The zero-order chi connectivity index (χ0) is 15.0. The van der Waals surface area contributed by atoms with Gasteiger partial charge in [0.2, 0.25) is 0 Å². The van der Waals surface area contributed by atoms with Crippen LogP contribution in [0, 0.1) is 29.8 Å². The molecule has 1 N–H and O–H groups in total. The smallest absolute Gasteiger partial charge is 0.338 e. The van der Waals surface area contributed by atoms with E-state index in [0.717, 1.165) is 16.8 Å². The molecule has 20 heavy (non-hydrogen) atoms. The predicted octanol–water partition coefficient (Wildman–Crippen LogP) is 2.23. The molecule has 1 aromatic carbocycles. The third kappa shape index (κ3) is 2.11. The van der Waals surface area contributed by atoms with Crippen molar-refractivity contribution >= 4 is 11.7 Å². The summed E-state index contributed by atoms with van der Waals surface area (Å²) in [6.07, 6.45) is 0. The number of nitro groups is 1. The number of nitrogens with zero attached hydrogens (tertiary/aromatic N) is 3. The van der Waals surface area contributed by atoms with Crippen LogP contribution in [0.1, 0.15) is 21.7 Å². The molecule has 0 aliphatic heterocycles. The molecule has 0 saturated heterocycles. The summed E-state index contributed by atoms with van der Waals surface area (Å²) >= 11 is 0. The molecular formula is C12H10FN3O4. The Morgan fingerprint density at radius 2 is 2.10 bits per heavy atom. The fraction of sp³-hybridized carbons (Fsp3) is 0.167. The highest BCUT2D eigenvalue weighted by Gasteiger charge is 2.24. The lowest BCUT2D eigenvalue weighted by atomic mass is 10.1. The van der Waals surface area contributed by atoms with Gasteiger partial charge in [-0.2, -0.15) is 5.10 Å². The lowest BCUT2D eigenvalue weighted by molar-refractivity contribution is -0.386. The topological polar surface area (TPSA) is 98.3 Å². The maximum absolute atomic E-state index is 13.1.